The summed E-state index contributed by atoms with van der Waals surface area (Å²) in [4.78, 5) is 10.0. The number of hydrogen-bond acceptors (Lipinski definition) is 2. The molecule has 0 aliphatic heterocycles. The van der Waals surface area contributed by atoms with Gasteiger partial charge in [-0.2, -0.15) is 0 Å². The van der Waals surface area contributed by atoms with Crippen LogP contribution in [0, 0.1) is 24.7 Å². The van der Waals surface area contributed by atoms with E-state index in [-0.39, 0.29) is 0 Å². The van der Waals surface area contributed by atoms with Gasteiger partial charge in [0.15, 0.2) is 0 Å². The van der Waals surface area contributed by atoms with Crippen molar-refractivity contribution in [3.05, 3.63) is 29.3 Å². The summed E-state index contributed by atoms with van der Waals surface area (Å²) in [5.41, 5.74) is 1.18. The van der Waals surface area contributed by atoms with Gasteiger partial charge in [-0.05, 0) is 18.2 Å². The van der Waals surface area contributed by atoms with Gasteiger partial charge in [-0.25, -0.2) is 0 Å². The molecule has 0 unspecified atom stereocenters. The summed E-state index contributed by atoms with van der Waals surface area (Å²) in [6.07, 6.45) is 10.4. The van der Waals surface area contributed by atoms with Crippen molar-refractivity contribution in [1.29, 1.82) is 0 Å². The van der Waals surface area contributed by atoms with Crippen molar-refractivity contribution in [3.63, 3.8) is 0 Å². The highest BCUT2D eigenvalue weighted by molar-refractivity contribution is 5.52. The zero-order valence-electron chi connectivity index (χ0n) is 6.78. The highest BCUT2D eigenvalue weighted by Crippen LogP contribution is 2.15. The second kappa shape index (κ2) is 3.99. The molecule has 13 heavy (non-hydrogen) atoms. The third-order valence-corrected chi connectivity index (χ3v) is 1.42. The molecule has 0 aromatic heterocycles. The maximum absolute atomic E-state index is 10.0. The van der Waals surface area contributed by atoms with Crippen molar-refractivity contribution in [3.8, 4) is 30.4 Å². The number of benzene rings is 1. The molecular weight excluding hydrogens is 164 g/mol. The van der Waals surface area contributed by atoms with Gasteiger partial charge < -0.3 is 4.74 Å². The predicted octanol–water partition coefficient (Wildman–Crippen LogP) is 1.18. The second-order valence-electron chi connectivity index (χ2n) is 2.25. The quantitative estimate of drug-likeness (QED) is 0.492. The first-order valence-corrected chi connectivity index (χ1v) is 3.48. The van der Waals surface area contributed by atoms with Gasteiger partial charge in [-0.1, -0.05) is 11.8 Å². The molecule has 62 valence electrons. The molecule has 0 saturated heterocycles. The van der Waals surface area contributed by atoms with Crippen LogP contribution in [0.3, 0.4) is 0 Å². The van der Waals surface area contributed by atoms with Crippen molar-refractivity contribution in [2.75, 3.05) is 0 Å². The van der Waals surface area contributed by atoms with E-state index in [1.807, 2.05) is 0 Å². The topological polar surface area (TPSA) is 26.3 Å². The van der Waals surface area contributed by atoms with Crippen LogP contribution < -0.4 is 4.74 Å². The number of hydrogen-bond donors (Lipinski definition) is 0. The van der Waals surface area contributed by atoms with Crippen LogP contribution in [0.5, 0.6) is 5.75 Å². The molecule has 0 N–H and O–H groups in total. The lowest BCUT2D eigenvalue weighted by atomic mass is 10.1. The van der Waals surface area contributed by atoms with Gasteiger partial charge in [0.1, 0.15) is 5.75 Å². The molecule has 0 fully saturated rings. The Bertz CT molecular complexity index is 373. The van der Waals surface area contributed by atoms with Crippen molar-refractivity contribution in [2.24, 2.45) is 0 Å². The first-order chi connectivity index (χ1) is 6.30. The van der Waals surface area contributed by atoms with Crippen LogP contribution in [0.2, 0.25) is 0 Å². The van der Waals surface area contributed by atoms with E-state index < -0.39 is 0 Å². The molecule has 1 rings (SSSR count). The molecule has 0 heterocycles. The fraction of sp³-hybridized carbons (Fsp3) is 0. The maximum Gasteiger partial charge on any atom is 0.298 e. The lowest BCUT2D eigenvalue weighted by Crippen LogP contribution is -1.90. The molecule has 0 radical (unpaired) electrons. The van der Waals surface area contributed by atoms with Crippen LogP contribution in [0.4, 0.5) is 0 Å². The molecule has 0 bridgehead atoms. The van der Waals surface area contributed by atoms with E-state index in [1.54, 1.807) is 18.2 Å². The van der Waals surface area contributed by atoms with E-state index in [9.17, 15) is 4.79 Å². The first-order valence-electron chi connectivity index (χ1n) is 3.48. The summed E-state index contributed by atoms with van der Waals surface area (Å²) >= 11 is 0. The van der Waals surface area contributed by atoms with Crippen molar-refractivity contribution < 1.29 is 9.53 Å². The Morgan fingerprint density at radius 1 is 1.15 bits per heavy atom. The van der Waals surface area contributed by atoms with E-state index in [2.05, 4.69) is 16.6 Å². The van der Waals surface area contributed by atoms with E-state index >= 15 is 0 Å². The monoisotopic (exact) mass is 170 g/mol. The van der Waals surface area contributed by atoms with Gasteiger partial charge in [0, 0.05) is 11.1 Å². The Balaban J connectivity index is 3.18. The standard InChI is InChI=1S/C11H6O2/c1-3-9-5-10(4-2)7-11(6-9)13-8-12/h1-2,5-8H. The lowest BCUT2D eigenvalue weighted by Gasteiger charge is -1.99. The number of carbonyl (C=O) groups excluding carboxylic acids is 1. The van der Waals surface area contributed by atoms with Crippen LogP contribution in [0.25, 0.3) is 0 Å². The minimum absolute atomic E-state index is 0.329. The molecule has 0 aliphatic carbocycles. The van der Waals surface area contributed by atoms with E-state index in [4.69, 9.17) is 12.8 Å². The lowest BCUT2D eigenvalue weighted by molar-refractivity contribution is -0.120. The van der Waals surface area contributed by atoms with Gasteiger partial charge in [-0.15, -0.1) is 12.8 Å². The smallest absolute Gasteiger partial charge is 0.298 e. The van der Waals surface area contributed by atoms with Gasteiger partial charge >= 0.3 is 0 Å². The highest BCUT2D eigenvalue weighted by atomic mass is 16.5. The van der Waals surface area contributed by atoms with E-state index in [0.29, 0.717) is 23.3 Å². The molecule has 0 amide bonds. The molecule has 0 spiro atoms. The Morgan fingerprint density at radius 2 is 1.69 bits per heavy atom. The van der Waals surface area contributed by atoms with Gasteiger partial charge in [0.2, 0.25) is 0 Å². The van der Waals surface area contributed by atoms with Crippen molar-refractivity contribution >= 4 is 6.47 Å². The van der Waals surface area contributed by atoms with Crippen LogP contribution in [-0.2, 0) is 4.79 Å². The predicted molar refractivity (Wildman–Crippen MR) is 49.0 cm³/mol. The molecule has 1 aromatic carbocycles. The molecule has 1 aromatic rings. The molecular formula is C11H6O2. The van der Waals surface area contributed by atoms with E-state index in [0.717, 1.165) is 0 Å². The van der Waals surface area contributed by atoms with Crippen molar-refractivity contribution in [2.45, 2.75) is 0 Å². The molecule has 0 saturated carbocycles. The minimum Gasteiger partial charge on any atom is -0.429 e. The van der Waals surface area contributed by atoms with Crippen LogP contribution in [0.15, 0.2) is 18.2 Å². The highest BCUT2D eigenvalue weighted by Gasteiger charge is 1.97. The minimum atomic E-state index is 0.329. The molecule has 0 atom stereocenters. The summed E-state index contributed by atoms with van der Waals surface area (Å²) in [7, 11) is 0. The summed E-state index contributed by atoms with van der Waals surface area (Å²) in [5.74, 6) is 5.18. The average molecular weight is 170 g/mol. The largest absolute Gasteiger partial charge is 0.429 e. The fourth-order valence-corrected chi connectivity index (χ4v) is 0.889. The fourth-order valence-electron chi connectivity index (χ4n) is 0.889. The number of rotatable bonds is 2. The third-order valence-electron chi connectivity index (χ3n) is 1.42. The summed E-state index contributed by atoms with van der Waals surface area (Å²) in [6, 6.07) is 4.79. The third kappa shape index (κ3) is 2.12. The van der Waals surface area contributed by atoms with Gasteiger partial charge in [0.25, 0.3) is 6.47 Å². The first kappa shape index (κ1) is 8.90. The van der Waals surface area contributed by atoms with E-state index in [1.165, 1.54) is 0 Å². The van der Waals surface area contributed by atoms with Crippen molar-refractivity contribution in [1.82, 2.24) is 0 Å². The zero-order chi connectivity index (χ0) is 9.68. The second-order valence-corrected chi connectivity index (χ2v) is 2.25. The summed E-state index contributed by atoms with van der Waals surface area (Å²) in [5, 5.41) is 0. The maximum atomic E-state index is 10.0. The van der Waals surface area contributed by atoms with Crippen LogP contribution >= 0.6 is 0 Å². The summed E-state index contributed by atoms with van der Waals surface area (Å²) < 4.78 is 4.62. The molecule has 2 heteroatoms. The normalized spacial score (nSPS) is 8.15. The van der Waals surface area contributed by atoms with Gasteiger partial charge in [0.05, 0.1) is 0 Å². The average Bonchev–Trinajstić information content (AvgIpc) is 2.17. The zero-order valence-corrected chi connectivity index (χ0v) is 6.78. The van der Waals surface area contributed by atoms with Crippen LogP contribution in [0.1, 0.15) is 11.1 Å². The Labute approximate surface area is 76.5 Å². The Kier molecular flexibility index (Phi) is 2.73. The summed E-state index contributed by atoms with van der Waals surface area (Å²) in [6.45, 7) is 0.329. The SMILES string of the molecule is C#Cc1cc(C#C)cc(OC=O)c1. The Morgan fingerprint density at radius 3 is 2.08 bits per heavy atom. The molecule has 0 aliphatic rings. The number of ether oxygens (including phenoxy) is 1. The number of carbonyl (C=O) groups is 1. The Hall–Kier alpha value is -2.19. The van der Waals surface area contributed by atoms with Gasteiger partial charge in [-0.3, -0.25) is 4.79 Å². The molecule has 2 nitrogen and oxygen atoms in total. The number of terminal acetylenes is 2. The van der Waals surface area contributed by atoms with Crippen LogP contribution in [-0.4, -0.2) is 6.47 Å².